The smallest absolute Gasteiger partial charge is 0.236 e. The Hall–Kier alpha value is -1.77. The molecule has 2 aromatic rings. The van der Waals surface area contributed by atoms with Crippen molar-refractivity contribution in [3.8, 4) is 11.1 Å². The number of benzene rings is 2. The summed E-state index contributed by atoms with van der Waals surface area (Å²) >= 11 is 0. The van der Waals surface area contributed by atoms with E-state index in [-0.39, 0.29) is 12.0 Å². The molecule has 33 heavy (non-hydrogen) atoms. The van der Waals surface area contributed by atoms with E-state index in [1.165, 1.54) is 81.9 Å². The summed E-state index contributed by atoms with van der Waals surface area (Å²) in [4.78, 5) is 0. The first-order chi connectivity index (χ1) is 15.9. The third-order valence-electron chi connectivity index (χ3n) is 7.44. The van der Waals surface area contributed by atoms with Crippen LogP contribution in [0.3, 0.4) is 0 Å². The van der Waals surface area contributed by atoms with Crippen LogP contribution in [0.25, 0.3) is 11.1 Å². The lowest BCUT2D eigenvalue weighted by Crippen LogP contribution is -2.22. The molecule has 0 N–H and O–H groups in total. The molecule has 1 saturated carbocycles. The first-order valence-electron chi connectivity index (χ1n) is 13.2. The Morgan fingerprint density at radius 3 is 1.91 bits per heavy atom. The molecule has 0 aromatic heterocycles. The van der Waals surface area contributed by atoms with E-state index in [1.54, 1.807) is 19.1 Å². The highest BCUT2D eigenvalue weighted by molar-refractivity contribution is 5.64. The van der Waals surface area contributed by atoms with E-state index in [9.17, 15) is 13.2 Å². The Morgan fingerprint density at radius 1 is 0.758 bits per heavy atom. The molecule has 182 valence electrons. The molecule has 0 bridgehead atoms. The molecule has 1 unspecified atom stereocenters. The largest absolute Gasteiger partial charge is 0.282 e. The summed E-state index contributed by atoms with van der Waals surface area (Å²) in [7, 11) is 0. The minimum atomic E-state index is -3.31. The van der Waals surface area contributed by atoms with Crippen LogP contribution in [0.2, 0.25) is 0 Å². The number of unbranched alkanes of at least 4 members (excludes halogenated alkanes) is 4. The maximum atomic E-state index is 14.3. The van der Waals surface area contributed by atoms with Gasteiger partial charge in [-0.2, -0.15) is 0 Å². The second kappa shape index (κ2) is 12.6. The van der Waals surface area contributed by atoms with Gasteiger partial charge in [0.1, 0.15) is 0 Å². The molecule has 1 aliphatic rings. The number of hydrogen-bond acceptors (Lipinski definition) is 0. The molecular formula is C30H41F3. The van der Waals surface area contributed by atoms with Crippen LogP contribution in [-0.2, 0) is 0 Å². The summed E-state index contributed by atoms with van der Waals surface area (Å²) in [6, 6.07) is 15.2. The Morgan fingerprint density at radius 2 is 1.33 bits per heavy atom. The van der Waals surface area contributed by atoms with Crippen LogP contribution in [0, 0.1) is 5.92 Å². The van der Waals surface area contributed by atoms with Crippen molar-refractivity contribution in [2.75, 3.05) is 0 Å². The molecule has 0 heterocycles. The number of alkyl halides is 3. The van der Waals surface area contributed by atoms with E-state index in [2.05, 4.69) is 31.2 Å². The van der Waals surface area contributed by atoms with E-state index in [0.717, 1.165) is 17.0 Å². The maximum absolute atomic E-state index is 14.3. The van der Waals surface area contributed by atoms with Gasteiger partial charge in [-0.15, -0.1) is 0 Å². The molecule has 0 nitrogen and oxygen atoms in total. The molecule has 2 aromatic carbocycles. The standard InChI is InChI=1S/C30H41F3/c1-3-5-6-7-8-9-23-10-12-24(13-11-23)25-14-16-26(17-15-25)27-18-20-28(21-19-27)29(31)30(32,33)22-4-2/h14-21,23-24,29H,3-13,22H2,1-2H3/t23-,24-,29?. The van der Waals surface area contributed by atoms with Gasteiger partial charge in [-0.25, -0.2) is 13.2 Å². The Labute approximate surface area is 199 Å². The predicted molar refractivity (Wildman–Crippen MR) is 134 cm³/mol. The highest BCUT2D eigenvalue weighted by Gasteiger charge is 2.39. The molecule has 1 fully saturated rings. The van der Waals surface area contributed by atoms with Gasteiger partial charge in [-0.05, 0) is 59.8 Å². The van der Waals surface area contributed by atoms with Crippen molar-refractivity contribution in [3.05, 3.63) is 59.7 Å². The van der Waals surface area contributed by atoms with Crippen molar-refractivity contribution < 1.29 is 13.2 Å². The Bertz CT molecular complexity index is 801. The van der Waals surface area contributed by atoms with Crippen LogP contribution in [0.15, 0.2) is 48.5 Å². The van der Waals surface area contributed by atoms with E-state index in [4.69, 9.17) is 0 Å². The Kier molecular flexibility index (Phi) is 9.89. The van der Waals surface area contributed by atoms with Gasteiger partial charge in [0.2, 0.25) is 0 Å². The molecule has 3 rings (SSSR count). The highest BCUT2D eigenvalue weighted by Crippen LogP contribution is 2.40. The summed E-state index contributed by atoms with van der Waals surface area (Å²) in [5, 5.41) is 0. The monoisotopic (exact) mass is 458 g/mol. The summed E-state index contributed by atoms with van der Waals surface area (Å²) in [5.41, 5.74) is 3.43. The van der Waals surface area contributed by atoms with Crippen molar-refractivity contribution in [3.63, 3.8) is 0 Å². The van der Waals surface area contributed by atoms with Crippen molar-refractivity contribution in [2.45, 2.75) is 109 Å². The van der Waals surface area contributed by atoms with Crippen LogP contribution in [-0.4, -0.2) is 5.92 Å². The van der Waals surface area contributed by atoms with Crippen LogP contribution in [0.4, 0.5) is 13.2 Å². The van der Waals surface area contributed by atoms with Gasteiger partial charge >= 0.3 is 0 Å². The minimum absolute atomic E-state index is 0.0518. The molecule has 0 saturated heterocycles. The van der Waals surface area contributed by atoms with Gasteiger partial charge in [0.05, 0.1) is 0 Å². The second-order valence-electron chi connectivity index (χ2n) is 10.0. The third kappa shape index (κ3) is 7.36. The Balaban J connectivity index is 1.51. The van der Waals surface area contributed by atoms with Crippen molar-refractivity contribution in [2.24, 2.45) is 5.92 Å². The average Bonchev–Trinajstić information content (AvgIpc) is 2.84. The molecular weight excluding hydrogens is 417 g/mol. The lowest BCUT2D eigenvalue weighted by molar-refractivity contribution is -0.0807. The number of hydrogen-bond donors (Lipinski definition) is 0. The quantitative estimate of drug-likeness (QED) is 0.277. The van der Waals surface area contributed by atoms with Crippen molar-refractivity contribution in [1.29, 1.82) is 0 Å². The molecule has 3 heteroatoms. The van der Waals surface area contributed by atoms with Crippen LogP contribution < -0.4 is 0 Å². The van der Waals surface area contributed by atoms with Crippen molar-refractivity contribution >= 4 is 0 Å². The topological polar surface area (TPSA) is 0 Å². The second-order valence-corrected chi connectivity index (χ2v) is 10.0. The summed E-state index contributed by atoms with van der Waals surface area (Å²) in [5.74, 6) is -1.76. The molecule has 0 amide bonds. The minimum Gasteiger partial charge on any atom is -0.236 e. The van der Waals surface area contributed by atoms with Gasteiger partial charge in [0, 0.05) is 6.42 Å². The van der Waals surface area contributed by atoms with Gasteiger partial charge in [0.15, 0.2) is 6.17 Å². The fourth-order valence-electron chi connectivity index (χ4n) is 5.32. The fraction of sp³-hybridized carbons (Fsp3) is 0.600. The van der Waals surface area contributed by atoms with E-state index in [1.807, 2.05) is 0 Å². The van der Waals surface area contributed by atoms with Crippen molar-refractivity contribution in [1.82, 2.24) is 0 Å². The van der Waals surface area contributed by atoms with E-state index in [0.29, 0.717) is 5.92 Å². The van der Waals surface area contributed by atoms with Crippen LogP contribution in [0.1, 0.15) is 114 Å². The van der Waals surface area contributed by atoms with E-state index < -0.39 is 18.5 Å². The first kappa shape index (κ1) is 25.8. The number of halogens is 3. The zero-order chi connectivity index (χ0) is 23.7. The third-order valence-corrected chi connectivity index (χ3v) is 7.44. The SMILES string of the molecule is CCCCCCC[C@H]1CC[C@H](c2ccc(-c3ccc(C(F)C(F)(F)CCC)cc3)cc2)CC1. The molecule has 0 radical (unpaired) electrons. The molecule has 0 spiro atoms. The van der Waals surface area contributed by atoms with Gasteiger partial charge in [0.25, 0.3) is 5.92 Å². The zero-order valence-corrected chi connectivity index (χ0v) is 20.5. The van der Waals surface area contributed by atoms with Gasteiger partial charge in [-0.3, -0.25) is 0 Å². The summed E-state index contributed by atoms with van der Waals surface area (Å²) in [6.07, 6.45) is 11.1. The summed E-state index contributed by atoms with van der Waals surface area (Å²) < 4.78 is 42.1. The molecule has 1 aliphatic carbocycles. The normalized spacial score (nSPS) is 20.0. The first-order valence-corrected chi connectivity index (χ1v) is 13.2. The van der Waals surface area contributed by atoms with E-state index >= 15 is 0 Å². The molecule has 1 atom stereocenters. The van der Waals surface area contributed by atoms with Crippen LogP contribution in [0.5, 0.6) is 0 Å². The predicted octanol–water partition coefficient (Wildman–Crippen LogP) is 10.4. The fourth-order valence-corrected chi connectivity index (χ4v) is 5.32. The van der Waals surface area contributed by atoms with Gasteiger partial charge < -0.3 is 0 Å². The molecule has 0 aliphatic heterocycles. The maximum Gasteiger partial charge on any atom is 0.282 e. The summed E-state index contributed by atoms with van der Waals surface area (Å²) in [6.45, 7) is 3.91. The van der Waals surface area contributed by atoms with Gasteiger partial charge in [-0.1, -0.05) is 107 Å². The average molecular weight is 459 g/mol. The lowest BCUT2D eigenvalue weighted by atomic mass is 9.77. The zero-order valence-electron chi connectivity index (χ0n) is 20.5. The lowest BCUT2D eigenvalue weighted by Gasteiger charge is -2.29. The van der Waals surface area contributed by atoms with Crippen LogP contribution >= 0.6 is 0 Å². The highest BCUT2D eigenvalue weighted by atomic mass is 19.3. The number of rotatable bonds is 12.